The zero-order valence-corrected chi connectivity index (χ0v) is 17.3. The minimum absolute atomic E-state index is 0.0896. The summed E-state index contributed by atoms with van der Waals surface area (Å²) >= 11 is 0. The molecule has 1 atom stereocenters. The Labute approximate surface area is 179 Å². The first-order chi connectivity index (χ1) is 15.0. The second-order valence-electron chi connectivity index (χ2n) is 8.38. The van der Waals surface area contributed by atoms with Crippen LogP contribution >= 0.6 is 0 Å². The Hall–Kier alpha value is -3.55. The fourth-order valence-corrected chi connectivity index (χ4v) is 4.76. The zero-order valence-electron chi connectivity index (χ0n) is 17.3. The van der Waals surface area contributed by atoms with Crippen molar-refractivity contribution in [1.29, 1.82) is 0 Å². The lowest BCUT2D eigenvalue weighted by Crippen LogP contribution is -2.39. The lowest BCUT2D eigenvalue weighted by Gasteiger charge is -2.23. The van der Waals surface area contributed by atoms with Crippen molar-refractivity contribution >= 4 is 22.6 Å². The van der Waals surface area contributed by atoms with Gasteiger partial charge in [-0.3, -0.25) is 19.4 Å². The molecule has 1 unspecified atom stereocenters. The topological polar surface area (TPSA) is 88.4 Å². The number of carbonyl (C=O) groups is 2. The van der Waals surface area contributed by atoms with Crippen molar-refractivity contribution in [2.75, 3.05) is 19.6 Å². The van der Waals surface area contributed by atoms with Crippen LogP contribution in [0.4, 0.5) is 0 Å². The van der Waals surface area contributed by atoms with E-state index in [1.54, 1.807) is 42.4 Å². The third-order valence-corrected chi connectivity index (χ3v) is 6.48. The van der Waals surface area contributed by atoms with Gasteiger partial charge in [0.05, 0.1) is 23.0 Å². The first kappa shape index (κ1) is 19.4. The van der Waals surface area contributed by atoms with Gasteiger partial charge in [0.1, 0.15) is 0 Å². The highest BCUT2D eigenvalue weighted by atomic mass is 16.2. The van der Waals surface area contributed by atoms with E-state index in [0.29, 0.717) is 43.4 Å². The Balaban J connectivity index is 1.38. The van der Waals surface area contributed by atoms with Crippen molar-refractivity contribution in [2.24, 2.45) is 12.5 Å². The number of amides is 2. The molecule has 1 aromatic carbocycles. The summed E-state index contributed by atoms with van der Waals surface area (Å²) in [6.45, 7) is 2.03. The molecule has 2 aliphatic heterocycles. The third kappa shape index (κ3) is 3.19. The molecule has 31 heavy (non-hydrogen) atoms. The molecule has 3 aromatic rings. The van der Waals surface area contributed by atoms with Gasteiger partial charge in [0.25, 0.3) is 11.5 Å². The van der Waals surface area contributed by atoms with Crippen LogP contribution in [0.1, 0.15) is 29.0 Å². The number of hydrogen-bond acceptors (Lipinski definition) is 5. The van der Waals surface area contributed by atoms with E-state index in [9.17, 15) is 14.4 Å². The number of rotatable bonds is 3. The molecular weight excluding hydrogens is 394 g/mol. The maximum Gasteiger partial charge on any atom is 0.274 e. The predicted octanol–water partition coefficient (Wildman–Crippen LogP) is 1.59. The third-order valence-electron chi connectivity index (χ3n) is 6.48. The lowest BCUT2D eigenvalue weighted by atomic mass is 9.85. The lowest BCUT2D eigenvalue weighted by molar-refractivity contribution is -0.135. The van der Waals surface area contributed by atoms with Gasteiger partial charge in [-0.25, -0.2) is 4.68 Å². The van der Waals surface area contributed by atoms with Crippen molar-refractivity contribution < 1.29 is 9.59 Å². The second kappa shape index (κ2) is 7.30. The maximum absolute atomic E-state index is 13.4. The van der Waals surface area contributed by atoms with Gasteiger partial charge in [0.2, 0.25) is 5.91 Å². The highest BCUT2D eigenvalue weighted by molar-refractivity contribution is 6.05. The summed E-state index contributed by atoms with van der Waals surface area (Å²) in [5.41, 5.74) is 0.340. The minimum Gasteiger partial charge on any atom is -0.336 e. The number of likely N-dealkylation sites (tertiary alicyclic amines) is 2. The van der Waals surface area contributed by atoms with Crippen molar-refractivity contribution in [2.45, 2.75) is 19.4 Å². The monoisotopic (exact) mass is 417 g/mol. The Morgan fingerprint density at radius 2 is 1.77 bits per heavy atom. The number of aryl methyl sites for hydroxylation is 1. The first-order valence-corrected chi connectivity index (χ1v) is 10.4. The molecule has 8 heteroatoms. The highest BCUT2D eigenvalue weighted by Crippen LogP contribution is 2.41. The van der Waals surface area contributed by atoms with Crippen LogP contribution in [-0.2, 0) is 18.4 Å². The summed E-state index contributed by atoms with van der Waals surface area (Å²) < 4.78 is 1.21. The van der Waals surface area contributed by atoms with Crippen molar-refractivity contribution in [3.8, 4) is 0 Å². The molecule has 2 aliphatic rings. The van der Waals surface area contributed by atoms with E-state index >= 15 is 0 Å². The van der Waals surface area contributed by atoms with E-state index in [1.807, 2.05) is 23.1 Å². The maximum atomic E-state index is 13.4. The Morgan fingerprint density at radius 1 is 1.03 bits per heavy atom. The van der Waals surface area contributed by atoms with E-state index in [0.717, 1.165) is 12.1 Å². The quantitative estimate of drug-likeness (QED) is 0.646. The largest absolute Gasteiger partial charge is 0.336 e. The van der Waals surface area contributed by atoms with Crippen molar-refractivity contribution in [3.05, 3.63) is 70.4 Å². The molecule has 4 heterocycles. The molecular formula is C23H23N5O3. The van der Waals surface area contributed by atoms with Crippen LogP contribution in [0.5, 0.6) is 0 Å². The number of nitrogens with zero attached hydrogens (tertiary/aromatic N) is 5. The molecule has 2 fully saturated rings. The molecule has 0 saturated carbocycles. The summed E-state index contributed by atoms with van der Waals surface area (Å²) in [5, 5.41) is 5.28. The Morgan fingerprint density at radius 3 is 2.55 bits per heavy atom. The van der Waals surface area contributed by atoms with Gasteiger partial charge < -0.3 is 9.80 Å². The van der Waals surface area contributed by atoms with Gasteiger partial charge >= 0.3 is 0 Å². The molecule has 2 amide bonds. The molecule has 0 bridgehead atoms. The van der Waals surface area contributed by atoms with E-state index in [1.165, 1.54) is 4.68 Å². The zero-order chi connectivity index (χ0) is 21.6. The fourth-order valence-electron chi connectivity index (χ4n) is 4.76. The molecule has 158 valence electrons. The summed E-state index contributed by atoms with van der Waals surface area (Å²) in [6.07, 6.45) is 3.09. The smallest absolute Gasteiger partial charge is 0.274 e. The molecule has 0 aliphatic carbocycles. The van der Waals surface area contributed by atoms with Crippen LogP contribution in [0, 0.1) is 5.41 Å². The van der Waals surface area contributed by atoms with Crippen LogP contribution in [0.15, 0.2) is 53.5 Å². The fraction of sp³-hybridized carbons (Fsp3) is 0.348. The van der Waals surface area contributed by atoms with E-state index < -0.39 is 5.41 Å². The Bertz CT molecular complexity index is 1240. The number of carbonyl (C=O) groups excluding carboxylic acids is 2. The van der Waals surface area contributed by atoms with Crippen LogP contribution in [0.2, 0.25) is 0 Å². The van der Waals surface area contributed by atoms with Gasteiger partial charge in [-0.15, -0.1) is 0 Å². The van der Waals surface area contributed by atoms with Crippen molar-refractivity contribution in [3.63, 3.8) is 0 Å². The molecule has 1 spiro atoms. The van der Waals surface area contributed by atoms with E-state index in [-0.39, 0.29) is 23.1 Å². The second-order valence-corrected chi connectivity index (χ2v) is 8.38. The summed E-state index contributed by atoms with van der Waals surface area (Å²) in [7, 11) is 1.55. The number of aromatic nitrogens is 3. The summed E-state index contributed by atoms with van der Waals surface area (Å²) in [4.78, 5) is 46.9. The molecule has 2 aromatic heterocycles. The van der Waals surface area contributed by atoms with Gasteiger partial charge in [-0.05, 0) is 31.0 Å². The highest BCUT2D eigenvalue weighted by Gasteiger charge is 2.51. The average molecular weight is 417 g/mol. The van der Waals surface area contributed by atoms with E-state index in [2.05, 4.69) is 10.1 Å². The number of fused-ring (bicyclic) bond motifs is 1. The number of benzene rings is 1. The molecule has 8 nitrogen and oxygen atoms in total. The molecule has 2 saturated heterocycles. The standard InChI is InChI=1S/C23H23N5O3/c1-26-20(29)18-8-3-2-7-17(18)19(25-26)21(30)28-13-10-23(15-28)9-12-27(22(23)31)14-16-6-4-5-11-24-16/h2-8,11H,9-10,12-15H2,1H3. The molecule has 0 radical (unpaired) electrons. The van der Waals surface area contributed by atoms with Gasteiger partial charge in [0, 0.05) is 38.3 Å². The summed E-state index contributed by atoms with van der Waals surface area (Å²) in [6, 6.07) is 12.7. The normalized spacial score (nSPS) is 20.9. The minimum atomic E-state index is -0.541. The van der Waals surface area contributed by atoms with Crippen molar-refractivity contribution in [1.82, 2.24) is 24.6 Å². The SMILES string of the molecule is Cn1nc(C(=O)N2CCC3(CCN(Cc4ccccn4)C3=O)C2)c2ccccc2c1=O. The molecule has 5 rings (SSSR count). The van der Waals surface area contributed by atoms with Crippen LogP contribution in [-0.4, -0.2) is 56.0 Å². The molecule has 0 N–H and O–H groups in total. The van der Waals surface area contributed by atoms with Crippen LogP contribution in [0.3, 0.4) is 0 Å². The van der Waals surface area contributed by atoms with Crippen LogP contribution < -0.4 is 5.56 Å². The van der Waals surface area contributed by atoms with Gasteiger partial charge in [-0.2, -0.15) is 5.10 Å². The number of pyridine rings is 1. The average Bonchev–Trinajstić information content (AvgIpc) is 3.36. The number of hydrogen-bond donors (Lipinski definition) is 0. The summed E-state index contributed by atoms with van der Waals surface area (Å²) in [5.74, 6) is -0.147. The van der Waals surface area contributed by atoms with Gasteiger partial charge in [-0.1, -0.05) is 24.3 Å². The van der Waals surface area contributed by atoms with Crippen LogP contribution in [0.25, 0.3) is 10.8 Å². The van der Waals surface area contributed by atoms with Gasteiger partial charge in [0.15, 0.2) is 5.69 Å². The first-order valence-electron chi connectivity index (χ1n) is 10.4. The predicted molar refractivity (Wildman–Crippen MR) is 114 cm³/mol. The van der Waals surface area contributed by atoms with E-state index in [4.69, 9.17) is 0 Å². The Kier molecular flexibility index (Phi) is 4.57.